The van der Waals surface area contributed by atoms with Crippen LogP contribution < -0.4 is 10.6 Å². The minimum Gasteiger partial charge on any atom is -0.356 e. The summed E-state index contributed by atoms with van der Waals surface area (Å²) in [5, 5.41) is 7.68. The Bertz CT molecular complexity index is 595. The summed E-state index contributed by atoms with van der Waals surface area (Å²) in [7, 11) is 1.79. The number of rotatable bonds is 5. The maximum atomic E-state index is 4.67. The summed E-state index contributed by atoms with van der Waals surface area (Å²) in [5.41, 5.74) is 2.25. The predicted molar refractivity (Wildman–Crippen MR) is 106 cm³/mol. The summed E-state index contributed by atoms with van der Waals surface area (Å²) in [6.07, 6.45) is 1.08. The first-order valence-corrected chi connectivity index (χ1v) is 8.02. The average Bonchev–Trinajstić information content (AvgIpc) is 2.90. The molecule has 0 aliphatic heterocycles. The molecular formula is C16H23IN4S. The number of aliphatic imine (C=N–C) groups is 1. The van der Waals surface area contributed by atoms with Gasteiger partial charge in [0.2, 0.25) is 0 Å². The maximum Gasteiger partial charge on any atom is 0.191 e. The van der Waals surface area contributed by atoms with Gasteiger partial charge in [0.1, 0.15) is 5.01 Å². The van der Waals surface area contributed by atoms with Crippen LogP contribution in [0.2, 0.25) is 0 Å². The number of halogens is 1. The second-order valence-electron chi connectivity index (χ2n) is 4.75. The van der Waals surface area contributed by atoms with Crippen LogP contribution in [-0.4, -0.2) is 24.5 Å². The van der Waals surface area contributed by atoms with E-state index in [4.69, 9.17) is 0 Å². The zero-order chi connectivity index (χ0) is 15.1. The molecule has 0 radical (unpaired) electrons. The Morgan fingerprint density at radius 1 is 1.23 bits per heavy atom. The van der Waals surface area contributed by atoms with Gasteiger partial charge in [0.05, 0.1) is 12.2 Å². The summed E-state index contributed by atoms with van der Waals surface area (Å²) in [5.74, 6) is 0.839. The second-order valence-corrected chi connectivity index (χ2v) is 5.83. The van der Waals surface area contributed by atoms with E-state index < -0.39 is 0 Å². The van der Waals surface area contributed by atoms with Crippen LogP contribution >= 0.6 is 35.3 Å². The standard InChI is InChI=1S/C16H22N4S.HI/c1-4-10-18-16(17-3)19-11-14-12(2)20-15(21-14)13-8-6-5-7-9-13;/h5-9H,4,10-11H2,1-3H3,(H2,17,18,19);1H. The van der Waals surface area contributed by atoms with Crippen molar-refractivity contribution in [3.63, 3.8) is 0 Å². The number of nitrogens with zero attached hydrogens (tertiary/aromatic N) is 2. The highest BCUT2D eigenvalue weighted by atomic mass is 127. The zero-order valence-corrected chi connectivity index (χ0v) is 16.4. The molecule has 0 spiro atoms. The average molecular weight is 430 g/mol. The number of benzene rings is 1. The van der Waals surface area contributed by atoms with E-state index in [1.807, 2.05) is 18.2 Å². The molecule has 0 aliphatic rings. The molecule has 0 bridgehead atoms. The van der Waals surface area contributed by atoms with Gasteiger partial charge in [-0.05, 0) is 13.3 Å². The van der Waals surface area contributed by atoms with E-state index in [0.717, 1.165) is 36.2 Å². The van der Waals surface area contributed by atoms with E-state index in [-0.39, 0.29) is 24.0 Å². The maximum absolute atomic E-state index is 4.67. The Morgan fingerprint density at radius 3 is 2.59 bits per heavy atom. The molecular weight excluding hydrogens is 407 g/mol. The fourth-order valence-corrected chi connectivity index (χ4v) is 2.93. The van der Waals surface area contributed by atoms with Crippen LogP contribution in [0.3, 0.4) is 0 Å². The molecule has 1 aromatic carbocycles. The molecule has 120 valence electrons. The molecule has 0 atom stereocenters. The third-order valence-corrected chi connectivity index (χ3v) is 4.30. The van der Waals surface area contributed by atoms with Crippen molar-refractivity contribution in [2.75, 3.05) is 13.6 Å². The lowest BCUT2D eigenvalue weighted by molar-refractivity contribution is 0.783. The number of aryl methyl sites for hydroxylation is 1. The Morgan fingerprint density at radius 2 is 1.95 bits per heavy atom. The van der Waals surface area contributed by atoms with Crippen LogP contribution in [0.25, 0.3) is 10.6 Å². The summed E-state index contributed by atoms with van der Waals surface area (Å²) in [6, 6.07) is 10.3. The van der Waals surface area contributed by atoms with Gasteiger partial charge in [0.25, 0.3) is 0 Å². The summed E-state index contributed by atoms with van der Waals surface area (Å²) >= 11 is 1.73. The summed E-state index contributed by atoms with van der Waals surface area (Å²) in [6.45, 7) is 5.87. The van der Waals surface area contributed by atoms with Gasteiger partial charge >= 0.3 is 0 Å². The van der Waals surface area contributed by atoms with Crippen molar-refractivity contribution >= 4 is 41.3 Å². The van der Waals surface area contributed by atoms with Gasteiger partial charge in [-0.2, -0.15) is 0 Å². The highest BCUT2D eigenvalue weighted by Crippen LogP contribution is 2.27. The van der Waals surface area contributed by atoms with Crippen molar-refractivity contribution in [3.8, 4) is 10.6 Å². The molecule has 0 saturated heterocycles. The van der Waals surface area contributed by atoms with Gasteiger partial charge < -0.3 is 10.6 Å². The fourth-order valence-electron chi connectivity index (χ4n) is 1.92. The van der Waals surface area contributed by atoms with Gasteiger partial charge in [-0.1, -0.05) is 37.3 Å². The quantitative estimate of drug-likeness (QED) is 0.431. The topological polar surface area (TPSA) is 49.3 Å². The lowest BCUT2D eigenvalue weighted by Gasteiger charge is -2.10. The van der Waals surface area contributed by atoms with E-state index in [1.165, 1.54) is 10.4 Å². The van der Waals surface area contributed by atoms with Gasteiger partial charge in [0.15, 0.2) is 5.96 Å². The molecule has 1 aromatic heterocycles. The van der Waals surface area contributed by atoms with Crippen LogP contribution in [0, 0.1) is 6.92 Å². The number of thiazole rings is 1. The Hall–Kier alpha value is -1.15. The molecule has 0 aliphatic carbocycles. The largest absolute Gasteiger partial charge is 0.356 e. The summed E-state index contributed by atoms with van der Waals surface area (Å²) in [4.78, 5) is 10.1. The third-order valence-electron chi connectivity index (χ3n) is 3.10. The number of aromatic nitrogens is 1. The van der Waals surface area contributed by atoms with Gasteiger partial charge in [-0.15, -0.1) is 35.3 Å². The number of hydrogen-bond donors (Lipinski definition) is 2. The molecule has 6 heteroatoms. The van der Waals surface area contributed by atoms with E-state index >= 15 is 0 Å². The summed E-state index contributed by atoms with van der Waals surface area (Å²) < 4.78 is 0. The fraction of sp³-hybridized carbons (Fsp3) is 0.375. The SMILES string of the molecule is CCCNC(=NC)NCc1sc(-c2ccccc2)nc1C.I. The van der Waals surface area contributed by atoms with Gasteiger partial charge in [-0.3, -0.25) is 4.99 Å². The first-order chi connectivity index (χ1) is 10.2. The molecule has 2 N–H and O–H groups in total. The molecule has 22 heavy (non-hydrogen) atoms. The minimum atomic E-state index is 0. The molecule has 0 unspecified atom stereocenters. The Kier molecular flexibility index (Phi) is 8.40. The van der Waals surface area contributed by atoms with E-state index in [9.17, 15) is 0 Å². The predicted octanol–water partition coefficient (Wildman–Crippen LogP) is 3.81. The van der Waals surface area contributed by atoms with Crippen molar-refractivity contribution < 1.29 is 0 Å². The highest BCUT2D eigenvalue weighted by molar-refractivity contribution is 14.0. The molecule has 0 saturated carbocycles. The minimum absolute atomic E-state index is 0. The lowest BCUT2D eigenvalue weighted by Crippen LogP contribution is -2.37. The lowest BCUT2D eigenvalue weighted by atomic mass is 10.2. The van der Waals surface area contributed by atoms with Crippen molar-refractivity contribution in [1.29, 1.82) is 0 Å². The van der Waals surface area contributed by atoms with Crippen LogP contribution in [-0.2, 0) is 6.54 Å². The molecule has 4 nitrogen and oxygen atoms in total. The molecule has 0 amide bonds. The third kappa shape index (κ3) is 5.24. The zero-order valence-electron chi connectivity index (χ0n) is 13.2. The first-order valence-electron chi connectivity index (χ1n) is 7.20. The number of guanidine groups is 1. The second kappa shape index (κ2) is 9.78. The van der Waals surface area contributed by atoms with E-state index in [1.54, 1.807) is 18.4 Å². The smallest absolute Gasteiger partial charge is 0.191 e. The van der Waals surface area contributed by atoms with Crippen molar-refractivity contribution in [1.82, 2.24) is 15.6 Å². The Balaban J connectivity index is 0.00000242. The van der Waals surface area contributed by atoms with Crippen LogP contribution in [0.1, 0.15) is 23.9 Å². The molecule has 2 rings (SSSR count). The number of nitrogens with one attached hydrogen (secondary N) is 2. The highest BCUT2D eigenvalue weighted by Gasteiger charge is 2.09. The van der Waals surface area contributed by atoms with Crippen molar-refractivity contribution in [3.05, 3.63) is 40.9 Å². The van der Waals surface area contributed by atoms with Crippen LogP contribution in [0.15, 0.2) is 35.3 Å². The molecule has 1 heterocycles. The first kappa shape index (κ1) is 18.9. The number of hydrogen-bond acceptors (Lipinski definition) is 3. The van der Waals surface area contributed by atoms with Crippen LogP contribution in [0.5, 0.6) is 0 Å². The Labute approximate surface area is 153 Å². The molecule has 0 fully saturated rings. The van der Waals surface area contributed by atoms with Crippen LogP contribution in [0.4, 0.5) is 0 Å². The van der Waals surface area contributed by atoms with Crippen molar-refractivity contribution in [2.24, 2.45) is 4.99 Å². The van der Waals surface area contributed by atoms with E-state index in [2.05, 4.69) is 46.6 Å². The van der Waals surface area contributed by atoms with Gasteiger partial charge in [0, 0.05) is 24.0 Å². The van der Waals surface area contributed by atoms with Gasteiger partial charge in [-0.25, -0.2) is 4.98 Å². The van der Waals surface area contributed by atoms with E-state index in [0.29, 0.717) is 0 Å². The monoisotopic (exact) mass is 430 g/mol. The van der Waals surface area contributed by atoms with Crippen molar-refractivity contribution in [2.45, 2.75) is 26.8 Å². The normalized spacial score (nSPS) is 11.0. The molecule has 2 aromatic rings.